The number of piperidine rings is 1. The second kappa shape index (κ2) is 5.61. The minimum absolute atomic E-state index is 0. The molecule has 2 aliphatic carbocycles. The van der Waals surface area contributed by atoms with Gasteiger partial charge in [0.05, 0.1) is 17.9 Å². The Hall–Kier alpha value is -1.07. The predicted molar refractivity (Wildman–Crippen MR) is 82.3 cm³/mol. The Morgan fingerprint density at radius 3 is 3.00 bits per heavy atom. The van der Waals surface area contributed by atoms with Crippen LogP contribution in [-0.4, -0.2) is 29.2 Å². The number of aryl methyl sites for hydroxylation is 1. The Balaban J connectivity index is 0.00000132. The summed E-state index contributed by atoms with van der Waals surface area (Å²) in [4.78, 5) is 12.5. The van der Waals surface area contributed by atoms with Crippen molar-refractivity contribution in [3.63, 3.8) is 0 Å². The average Bonchev–Trinajstić information content (AvgIpc) is 2.95. The Morgan fingerprint density at radius 1 is 1.38 bits per heavy atom. The zero-order chi connectivity index (χ0) is 13.6. The largest absolute Gasteiger partial charge is 0.347 e. The van der Waals surface area contributed by atoms with Crippen LogP contribution < -0.4 is 10.6 Å². The van der Waals surface area contributed by atoms with Crippen molar-refractivity contribution in [2.24, 2.45) is 11.3 Å². The molecule has 2 heterocycles. The minimum atomic E-state index is 0. The van der Waals surface area contributed by atoms with Crippen LogP contribution in [0.15, 0.2) is 6.20 Å². The summed E-state index contributed by atoms with van der Waals surface area (Å²) in [6.07, 6.45) is 8.55. The lowest BCUT2D eigenvalue weighted by Crippen LogP contribution is -2.36. The second-order valence-corrected chi connectivity index (χ2v) is 6.63. The molecule has 1 spiro atoms. The third-order valence-electron chi connectivity index (χ3n) is 5.46. The maximum atomic E-state index is 12.5. The molecule has 1 aliphatic heterocycles. The molecule has 0 radical (unpaired) electrons. The molecule has 1 aromatic heterocycles. The van der Waals surface area contributed by atoms with E-state index in [1.807, 2.05) is 6.20 Å². The molecule has 2 fully saturated rings. The number of hydrogen-bond acceptors (Lipinski definition) is 3. The first-order valence-corrected chi connectivity index (χ1v) is 7.82. The standard InChI is InChI=1S/C15H22N4O.ClH/c20-14(11-8-15(11)4-6-16-7-5-15)18-12-3-1-2-10-9-17-19-13(10)12;/h9,11-12,16H,1-8H2,(H,17,19)(H,18,20);1H. The summed E-state index contributed by atoms with van der Waals surface area (Å²) in [5, 5.41) is 13.8. The number of nitrogens with one attached hydrogen (secondary N) is 3. The molecular formula is C15H23ClN4O. The first-order valence-electron chi connectivity index (χ1n) is 7.82. The SMILES string of the molecule is Cl.O=C(NC1CCCc2cn[nH]c21)C1CC12CCNCC2. The van der Waals surface area contributed by atoms with Crippen molar-refractivity contribution in [2.75, 3.05) is 13.1 Å². The van der Waals surface area contributed by atoms with E-state index in [-0.39, 0.29) is 30.3 Å². The quantitative estimate of drug-likeness (QED) is 0.779. The molecule has 116 valence electrons. The van der Waals surface area contributed by atoms with Crippen LogP contribution >= 0.6 is 12.4 Å². The van der Waals surface area contributed by atoms with Crippen molar-refractivity contribution >= 4 is 18.3 Å². The Morgan fingerprint density at radius 2 is 2.19 bits per heavy atom. The molecule has 6 heteroatoms. The topological polar surface area (TPSA) is 69.8 Å². The summed E-state index contributed by atoms with van der Waals surface area (Å²) < 4.78 is 0. The van der Waals surface area contributed by atoms with Gasteiger partial charge in [0.15, 0.2) is 0 Å². The minimum Gasteiger partial charge on any atom is -0.347 e. The molecule has 21 heavy (non-hydrogen) atoms. The molecule has 1 saturated heterocycles. The van der Waals surface area contributed by atoms with Gasteiger partial charge in [0.1, 0.15) is 0 Å². The van der Waals surface area contributed by atoms with Crippen LogP contribution in [0.3, 0.4) is 0 Å². The van der Waals surface area contributed by atoms with Gasteiger partial charge in [-0.2, -0.15) is 5.10 Å². The van der Waals surface area contributed by atoms with Crippen molar-refractivity contribution in [1.82, 2.24) is 20.8 Å². The number of hydrogen-bond donors (Lipinski definition) is 3. The zero-order valence-electron chi connectivity index (χ0n) is 12.2. The number of rotatable bonds is 2. The fourth-order valence-corrected chi connectivity index (χ4v) is 4.08. The van der Waals surface area contributed by atoms with E-state index in [1.165, 1.54) is 5.56 Å². The van der Waals surface area contributed by atoms with E-state index >= 15 is 0 Å². The van der Waals surface area contributed by atoms with Gasteiger partial charge in [0, 0.05) is 5.92 Å². The van der Waals surface area contributed by atoms with Gasteiger partial charge in [-0.1, -0.05) is 0 Å². The lowest BCUT2D eigenvalue weighted by molar-refractivity contribution is -0.124. The summed E-state index contributed by atoms with van der Waals surface area (Å²) in [5.74, 6) is 0.511. The molecule has 0 aromatic carbocycles. The molecule has 5 nitrogen and oxygen atoms in total. The molecule has 2 unspecified atom stereocenters. The van der Waals surface area contributed by atoms with E-state index in [0.717, 1.165) is 57.3 Å². The fourth-order valence-electron chi connectivity index (χ4n) is 4.08. The lowest BCUT2D eigenvalue weighted by atomic mass is 9.91. The Kier molecular flexibility index (Phi) is 3.97. The Labute approximate surface area is 131 Å². The van der Waals surface area contributed by atoms with Gasteiger partial charge < -0.3 is 10.6 Å². The monoisotopic (exact) mass is 310 g/mol. The van der Waals surface area contributed by atoms with Gasteiger partial charge in [0.25, 0.3) is 0 Å². The summed E-state index contributed by atoms with van der Waals surface area (Å²) in [6.45, 7) is 2.13. The number of amides is 1. The average molecular weight is 311 g/mol. The number of aromatic amines is 1. The van der Waals surface area contributed by atoms with Crippen molar-refractivity contribution in [3.8, 4) is 0 Å². The van der Waals surface area contributed by atoms with Crippen molar-refractivity contribution in [2.45, 2.75) is 44.6 Å². The fraction of sp³-hybridized carbons (Fsp3) is 0.733. The molecule has 3 aliphatic rings. The van der Waals surface area contributed by atoms with Crippen LogP contribution in [0, 0.1) is 11.3 Å². The number of H-pyrrole nitrogens is 1. The highest BCUT2D eigenvalue weighted by Crippen LogP contribution is 2.58. The van der Waals surface area contributed by atoms with Crippen molar-refractivity contribution in [3.05, 3.63) is 17.5 Å². The zero-order valence-corrected chi connectivity index (χ0v) is 13.0. The Bertz CT molecular complexity index is 523. The molecule has 4 rings (SSSR count). The normalized spacial score (nSPS) is 29.3. The number of carbonyl (C=O) groups is 1. The molecule has 1 amide bonds. The number of aromatic nitrogens is 2. The van der Waals surface area contributed by atoms with Crippen LogP contribution in [0.25, 0.3) is 0 Å². The van der Waals surface area contributed by atoms with E-state index in [0.29, 0.717) is 5.41 Å². The van der Waals surface area contributed by atoms with Crippen LogP contribution in [-0.2, 0) is 11.2 Å². The first-order chi connectivity index (χ1) is 9.78. The van der Waals surface area contributed by atoms with E-state index in [4.69, 9.17) is 0 Å². The van der Waals surface area contributed by atoms with E-state index in [1.54, 1.807) is 0 Å². The van der Waals surface area contributed by atoms with E-state index in [2.05, 4.69) is 20.8 Å². The van der Waals surface area contributed by atoms with Gasteiger partial charge in [0.2, 0.25) is 5.91 Å². The van der Waals surface area contributed by atoms with Crippen LogP contribution in [0.2, 0.25) is 0 Å². The van der Waals surface area contributed by atoms with Gasteiger partial charge in [-0.15, -0.1) is 12.4 Å². The molecule has 1 aromatic rings. The van der Waals surface area contributed by atoms with Crippen LogP contribution in [0.1, 0.15) is 49.4 Å². The van der Waals surface area contributed by atoms with Crippen LogP contribution in [0.5, 0.6) is 0 Å². The molecular weight excluding hydrogens is 288 g/mol. The highest BCUT2D eigenvalue weighted by Gasteiger charge is 2.57. The maximum Gasteiger partial charge on any atom is 0.224 e. The number of fused-ring (bicyclic) bond motifs is 1. The third kappa shape index (κ3) is 2.57. The molecule has 0 bridgehead atoms. The maximum absolute atomic E-state index is 12.5. The molecule has 1 saturated carbocycles. The van der Waals surface area contributed by atoms with Gasteiger partial charge in [-0.25, -0.2) is 0 Å². The van der Waals surface area contributed by atoms with Crippen molar-refractivity contribution in [1.29, 1.82) is 0 Å². The van der Waals surface area contributed by atoms with E-state index in [9.17, 15) is 4.79 Å². The smallest absolute Gasteiger partial charge is 0.224 e. The molecule has 2 atom stereocenters. The van der Waals surface area contributed by atoms with Gasteiger partial charge in [-0.05, 0) is 62.6 Å². The van der Waals surface area contributed by atoms with Crippen molar-refractivity contribution < 1.29 is 4.79 Å². The highest BCUT2D eigenvalue weighted by molar-refractivity contribution is 5.85. The number of carbonyl (C=O) groups excluding carboxylic acids is 1. The third-order valence-corrected chi connectivity index (χ3v) is 5.46. The molecule has 3 N–H and O–H groups in total. The number of nitrogens with zero attached hydrogens (tertiary/aromatic N) is 1. The van der Waals surface area contributed by atoms with E-state index < -0.39 is 0 Å². The van der Waals surface area contributed by atoms with Crippen LogP contribution in [0.4, 0.5) is 0 Å². The lowest BCUT2D eigenvalue weighted by Gasteiger charge is -2.25. The number of halogens is 1. The summed E-state index contributed by atoms with van der Waals surface area (Å²) in [7, 11) is 0. The summed E-state index contributed by atoms with van der Waals surface area (Å²) >= 11 is 0. The summed E-state index contributed by atoms with van der Waals surface area (Å²) in [6, 6.07) is 0.146. The van der Waals surface area contributed by atoms with Gasteiger partial charge in [-0.3, -0.25) is 9.89 Å². The van der Waals surface area contributed by atoms with Gasteiger partial charge >= 0.3 is 0 Å². The first kappa shape index (κ1) is 14.9. The summed E-state index contributed by atoms with van der Waals surface area (Å²) in [5.41, 5.74) is 2.72. The highest BCUT2D eigenvalue weighted by atomic mass is 35.5. The second-order valence-electron chi connectivity index (χ2n) is 6.63. The predicted octanol–water partition coefficient (Wildman–Crippen LogP) is 1.71.